The van der Waals surface area contributed by atoms with E-state index >= 15 is 0 Å². The van der Waals surface area contributed by atoms with Crippen LogP contribution in [0.4, 0.5) is 0 Å². The fourth-order valence-electron chi connectivity index (χ4n) is 4.70. The zero-order chi connectivity index (χ0) is 32.4. The molecule has 2 atom stereocenters. The van der Waals surface area contributed by atoms with E-state index in [9.17, 15) is 28.8 Å². The van der Waals surface area contributed by atoms with E-state index in [4.69, 9.17) is 0 Å². The normalized spacial score (nSPS) is 24.7. The molecule has 0 bridgehead atoms. The summed E-state index contributed by atoms with van der Waals surface area (Å²) in [5.41, 5.74) is 6.92. The van der Waals surface area contributed by atoms with E-state index in [-0.39, 0.29) is 74.0 Å². The van der Waals surface area contributed by atoms with Gasteiger partial charge in [0.05, 0.1) is 0 Å². The predicted molar refractivity (Wildman–Crippen MR) is 168 cm³/mol. The molecule has 0 aromatic rings. The Morgan fingerprint density at radius 2 is 0.814 bits per heavy atom. The number of hydrogen-bond donors (Lipinski definition) is 2. The first-order valence-electron chi connectivity index (χ1n) is 16.1. The van der Waals surface area contributed by atoms with E-state index in [2.05, 4.69) is 21.1 Å². The van der Waals surface area contributed by atoms with Crippen LogP contribution >= 0.6 is 0 Å². The van der Waals surface area contributed by atoms with Gasteiger partial charge in [-0.1, -0.05) is 41.5 Å². The molecule has 43 heavy (non-hydrogen) atoms. The third-order valence-electron chi connectivity index (χ3n) is 7.98. The number of ketones is 4. The number of carbonyl (C=O) groups excluding carboxylic acids is 6. The van der Waals surface area contributed by atoms with Gasteiger partial charge in [-0.3, -0.25) is 28.8 Å². The van der Waals surface area contributed by atoms with Crippen molar-refractivity contribution in [1.29, 1.82) is 0 Å². The van der Waals surface area contributed by atoms with Gasteiger partial charge >= 0.3 is 0 Å². The Morgan fingerprint density at radius 3 is 1.16 bits per heavy atom. The zero-order valence-electron chi connectivity index (χ0n) is 27.3. The van der Waals surface area contributed by atoms with Crippen LogP contribution in [0.3, 0.4) is 0 Å². The molecule has 0 aromatic carbocycles. The number of amides is 2. The molecule has 0 aromatic heterocycles. The van der Waals surface area contributed by atoms with Crippen molar-refractivity contribution in [3.8, 4) is 0 Å². The lowest BCUT2D eigenvalue weighted by Crippen LogP contribution is -2.24. The summed E-state index contributed by atoms with van der Waals surface area (Å²) in [7, 11) is 0. The smallest absolute Gasteiger partial charge is 0.240 e. The fraction of sp³-hybridized carbons (Fsp3) is 0.758. The second kappa shape index (κ2) is 20.8. The van der Waals surface area contributed by atoms with Gasteiger partial charge in [-0.05, 0) is 81.5 Å². The molecule has 0 saturated heterocycles. The topological polar surface area (TPSA) is 151 Å². The van der Waals surface area contributed by atoms with Gasteiger partial charge in [0.2, 0.25) is 11.8 Å². The molecule has 10 heteroatoms. The minimum atomic E-state index is -0.419. The third-order valence-corrected chi connectivity index (χ3v) is 7.98. The van der Waals surface area contributed by atoms with Crippen LogP contribution in [-0.4, -0.2) is 46.4 Å². The van der Waals surface area contributed by atoms with Gasteiger partial charge < -0.3 is 0 Å². The van der Waals surface area contributed by atoms with Gasteiger partial charge in [0.15, 0.2) is 23.1 Å². The predicted octanol–water partition coefficient (Wildman–Crippen LogP) is 5.66. The number of nitrogens with one attached hydrogen (secondary N) is 2. The lowest BCUT2D eigenvalue weighted by Gasteiger charge is -2.14. The van der Waals surface area contributed by atoms with Crippen molar-refractivity contribution in [1.82, 2.24) is 10.9 Å². The van der Waals surface area contributed by atoms with Crippen LogP contribution < -0.4 is 10.9 Å². The van der Waals surface area contributed by atoms with Crippen LogP contribution in [-0.2, 0) is 28.8 Å². The highest BCUT2D eigenvalue weighted by atomic mass is 16.2. The Hall–Kier alpha value is -3.04. The number of Topliss-reactive ketones (excluding diaryl/α,β-unsaturated/α-hetero) is 4. The van der Waals surface area contributed by atoms with Crippen LogP contribution in [0.15, 0.2) is 10.2 Å². The van der Waals surface area contributed by atoms with Crippen LogP contribution in [0.25, 0.3) is 0 Å². The Labute approximate surface area is 257 Å². The Balaban J connectivity index is 2.87. The van der Waals surface area contributed by atoms with Crippen LogP contribution in [0.5, 0.6) is 0 Å². The lowest BCUT2D eigenvalue weighted by molar-refractivity contribution is -0.137. The third kappa shape index (κ3) is 17.0. The minimum Gasteiger partial charge on any atom is -0.291 e. The summed E-state index contributed by atoms with van der Waals surface area (Å²) in [4.78, 5) is 74.0. The highest BCUT2D eigenvalue weighted by Gasteiger charge is 2.19. The summed E-state index contributed by atoms with van der Waals surface area (Å²) in [6, 6.07) is 0. The van der Waals surface area contributed by atoms with Crippen molar-refractivity contribution >= 4 is 46.4 Å². The molecule has 2 N–H and O–H groups in total. The standard InChI is InChI=1S/C33H54N4O6/c1-22(2)26-18-14-24(5)16-20-30(40)28(38)10-7-8-11-29(39)31(41)21-17-25(6)15-19-27(23(3)4)35-37-33(43)13-9-12-32(42)36-34-26/h22-25H,7-21H2,1-6H3,(H,36,42)(H,37,43)/b34-26+,35-27?/t24-,25-/m1/s1. The van der Waals surface area contributed by atoms with Crippen molar-refractivity contribution < 1.29 is 28.8 Å². The van der Waals surface area contributed by atoms with Crippen molar-refractivity contribution in [2.45, 2.75) is 138 Å². The summed E-state index contributed by atoms with van der Waals surface area (Å²) in [5, 5.41) is 8.66. The summed E-state index contributed by atoms with van der Waals surface area (Å²) in [6.45, 7) is 12.1. The van der Waals surface area contributed by atoms with Crippen molar-refractivity contribution in [2.75, 3.05) is 0 Å². The molecule has 2 amide bonds. The number of carbonyl (C=O) groups is 6. The molecule has 0 aliphatic carbocycles. The Bertz CT molecular complexity index is 950. The summed E-state index contributed by atoms with van der Waals surface area (Å²) in [6.07, 6.45) is 6.05. The van der Waals surface area contributed by atoms with Crippen molar-refractivity contribution in [2.24, 2.45) is 33.9 Å². The second-order valence-corrected chi connectivity index (χ2v) is 12.7. The van der Waals surface area contributed by atoms with E-state index < -0.39 is 23.1 Å². The lowest BCUT2D eigenvalue weighted by atomic mass is 9.92. The van der Waals surface area contributed by atoms with E-state index in [1.165, 1.54) is 0 Å². The molecule has 0 unspecified atom stereocenters. The monoisotopic (exact) mass is 602 g/mol. The Morgan fingerprint density at radius 1 is 0.488 bits per heavy atom. The molecular weight excluding hydrogens is 548 g/mol. The van der Waals surface area contributed by atoms with Gasteiger partial charge in [-0.25, -0.2) is 10.9 Å². The van der Waals surface area contributed by atoms with Gasteiger partial charge in [0.1, 0.15) is 0 Å². The molecule has 1 heterocycles. The molecule has 0 radical (unpaired) electrons. The summed E-state index contributed by atoms with van der Waals surface area (Å²) in [5.74, 6) is -1.50. The first-order valence-corrected chi connectivity index (χ1v) is 16.1. The van der Waals surface area contributed by atoms with Crippen LogP contribution in [0, 0.1) is 23.7 Å². The van der Waals surface area contributed by atoms with Gasteiger partial charge in [-0.15, -0.1) is 0 Å². The van der Waals surface area contributed by atoms with E-state index in [1.54, 1.807) is 0 Å². The maximum Gasteiger partial charge on any atom is 0.240 e. The molecule has 0 spiro atoms. The SMILES string of the molecule is CC(C)C1=NNC(=O)CCCC(=O)N/N=C(/C(C)C)CC[C@@H](C)CCC(=O)C(=O)CCCCC(=O)C(=O)CC[C@H](C)CC1. The van der Waals surface area contributed by atoms with Crippen molar-refractivity contribution in [3.63, 3.8) is 0 Å². The molecule has 0 saturated carbocycles. The van der Waals surface area contributed by atoms with Gasteiger partial charge in [0, 0.05) is 49.9 Å². The quantitative estimate of drug-likeness (QED) is 0.389. The zero-order valence-corrected chi connectivity index (χ0v) is 27.3. The molecule has 242 valence electrons. The fourth-order valence-corrected chi connectivity index (χ4v) is 4.70. The molecule has 10 nitrogen and oxygen atoms in total. The van der Waals surface area contributed by atoms with E-state index in [1.807, 2.05) is 41.5 Å². The second-order valence-electron chi connectivity index (χ2n) is 12.7. The molecular formula is C33H54N4O6. The minimum absolute atomic E-state index is 0.0930. The summed E-state index contributed by atoms with van der Waals surface area (Å²) >= 11 is 0. The van der Waals surface area contributed by atoms with E-state index in [0.29, 0.717) is 44.9 Å². The Kier molecular flexibility index (Phi) is 18.4. The first kappa shape index (κ1) is 38.0. The average Bonchev–Trinajstić information content (AvgIpc) is 2.95. The number of hydrogen-bond acceptors (Lipinski definition) is 8. The maximum absolute atomic E-state index is 12.3. The van der Waals surface area contributed by atoms with Gasteiger partial charge in [-0.2, -0.15) is 10.2 Å². The molecule has 0 fully saturated rings. The van der Waals surface area contributed by atoms with Crippen LogP contribution in [0.1, 0.15) is 138 Å². The number of rotatable bonds is 2. The maximum atomic E-state index is 12.3. The molecule has 1 rings (SSSR count). The highest BCUT2D eigenvalue weighted by Crippen LogP contribution is 2.18. The molecule has 1 aliphatic rings. The largest absolute Gasteiger partial charge is 0.291 e. The average molecular weight is 603 g/mol. The number of hydrazone groups is 2. The summed E-state index contributed by atoms with van der Waals surface area (Å²) < 4.78 is 0. The van der Waals surface area contributed by atoms with Crippen LogP contribution in [0.2, 0.25) is 0 Å². The first-order chi connectivity index (χ1) is 20.3. The molecule has 1 aliphatic heterocycles. The highest BCUT2D eigenvalue weighted by molar-refractivity contribution is 6.37. The van der Waals surface area contributed by atoms with Gasteiger partial charge in [0.25, 0.3) is 0 Å². The van der Waals surface area contributed by atoms with Crippen molar-refractivity contribution in [3.05, 3.63) is 0 Å². The van der Waals surface area contributed by atoms with E-state index in [0.717, 1.165) is 24.3 Å². The number of nitrogens with zero attached hydrogens (tertiary/aromatic N) is 2.